The molecule has 4 rings (SSSR count). The molecule has 0 N–H and O–H groups in total. The topological polar surface area (TPSA) is 33.2 Å². The molecule has 0 spiro atoms. The van der Waals surface area contributed by atoms with Crippen molar-refractivity contribution in [1.29, 1.82) is 0 Å². The third-order valence-electron chi connectivity index (χ3n) is 5.42. The molecule has 0 saturated heterocycles. The number of nitrogens with zero attached hydrogens (tertiary/aromatic N) is 2. The van der Waals surface area contributed by atoms with Gasteiger partial charge in [-0.3, -0.25) is 9.69 Å². The summed E-state index contributed by atoms with van der Waals surface area (Å²) in [5.74, 6) is -0.00889. The van der Waals surface area contributed by atoms with Crippen molar-refractivity contribution in [1.82, 2.24) is 9.88 Å². The van der Waals surface area contributed by atoms with Crippen LogP contribution in [0.3, 0.4) is 0 Å². The molecule has 0 aromatic heterocycles. The monoisotopic (exact) mass is 446 g/mol. The molecule has 146 valence electrons. The molecule has 1 heterocycles. The zero-order valence-corrected chi connectivity index (χ0v) is 18.2. The predicted molar refractivity (Wildman–Crippen MR) is 123 cm³/mol. The third-order valence-corrected chi connectivity index (χ3v) is 6.11. The first-order valence-corrected chi connectivity index (χ1v) is 10.7. The Morgan fingerprint density at radius 1 is 0.966 bits per heavy atom. The number of ketones is 1. The zero-order chi connectivity index (χ0) is 20.4. The van der Waals surface area contributed by atoms with Crippen molar-refractivity contribution in [3.8, 4) is 11.3 Å². The van der Waals surface area contributed by atoms with Crippen LogP contribution < -0.4 is 0 Å². The molecule has 1 aliphatic heterocycles. The lowest BCUT2D eigenvalue weighted by Crippen LogP contribution is -2.22. The van der Waals surface area contributed by atoms with Gasteiger partial charge in [-0.2, -0.15) is 0 Å². The lowest BCUT2D eigenvalue weighted by Gasteiger charge is -2.18. The van der Waals surface area contributed by atoms with Crippen molar-refractivity contribution < 1.29 is 4.79 Å². The molecule has 29 heavy (non-hydrogen) atoms. The summed E-state index contributed by atoms with van der Waals surface area (Å²) in [6.07, 6.45) is 0. The fraction of sp³-hybridized carbons (Fsp3) is 0.200. The highest BCUT2D eigenvalue weighted by molar-refractivity contribution is 9.10. The highest BCUT2D eigenvalue weighted by Crippen LogP contribution is 2.33. The summed E-state index contributed by atoms with van der Waals surface area (Å²) in [5.41, 5.74) is 5.48. The Bertz CT molecular complexity index is 1150. The molecule has 0 amide bonds. The summed E-state index contributed by atoms with van der Waals surface area (Å²) in [7, 11) is 0. The van der Waals surface area contributed by atoms with E-state index in [2.05, 4.69) is 58.9 Å². The van der Waals surface area contributed by atoms with Gasteiger partial charge in [-0.15, -0.1) is 0 Å². The van der Waals surface area contributed by atoms with Crippen LogP contribution in [0.25, 0.3) is 22.2 Å². The number of fused-ring (bicyclic) bond motifs is 3. The number of hydrogen-bond donors (Lipinski definition) is 0. The van der Waals surface area contributed by atoms with Gasteiger partial charge in [0.25, 0.3) is 0 Å². The van der Waals surface area contributed by atoms with Crippen LogP contribution in [-0.4, -0.2) is 28.8 Å². The smallest absolute Gasteiger partial charge is 0.194 e. The van der Waals surface area contributed by atoms with Crippen LogP contribution in [0.15, 0.2) is 71.2 Å². The number of carbonyl (C=O) groups excluding carboxylic acids is 1. The summed E-state index contributed by atoms with van der Waals surface area (Å²) in [6, 6.07) is 21.7. The Morgan fingerprint density at radius 3 is 2.48 bits per heavy atom. The van der Waals surface area contributed by atoms with E-state index in [1.807, 2.05) is 42.5 Å². The van der Waals surface area contributed by atoms with Gasteiger partial charge in [0.1, 0.15) is 0 Å². The number of benzene rings is 2. The highest BCUT2D eigenvalue weighted by Gasteiger charge is 2.18. The van der Waals surface area contributed by atoms with Crippen molar-refractivity contribution in [2.45, 2.75) is 20.4 Å². The summed E-state index contributed by atoms with van der Waals surface area (Å²) in [6.45, 7) is 7.25. The Balaban J connectivity index is 1.82. The fourth-order valence-electron chi connectivity index (χ4n) is 3.75. The Morgan fingerprint density at radius 2 is 1.72 bits per heavy atom. The van der Waals surface area contributed by atoms with Crippen molar-refractivity contribution in [3.05, 3.63) is 87.9 Å². The minimum absolute atomic E-state index is 0.00889. The van der Waals surface area contributed by atoms with Gasteiger partial charge >= 0.3 is 0 Å². The van der Waals surface area contributed by atoms with E-state index in [0.717, 1.165) is 46.3 Å². The number of hydrogen-bond acceptors (Lipinski definition) is 3. The molecule has 3 nitrogen and oxygen atoms in total. The van der Waals surface area contributed by atoms with E-state index in [-0.39, 0.29) is 5.78 Å². The predicted octanol–water partition coefficient (Wildman–Crippen LogP) is 6.17. The number of rotatable bonds is 6. The van der Waals surface area contributed by atoms with Crippen molar-refractivity contribution in [2.24, 2.45) is 0 Å². The molecule has 0 radical (unpaired) electrons. The zero-order valence-electron chi connectivity index (χ0n) is 16.7. The van der Waals surface area contributed by atoms with E-state index in [0.29, 0.717) is 11.1 Å². The van der Waals surface area contributed by atoms with Crippen LogP contribution in [-0.2, 0) is 6.54 Å². The standard InChI is InChI=1S/C25H23BrN2O/c1-3-28(4-2)16-18-10-8-13-20-19-12-7-9-17(15-23(19)27-24(18)20)25(29)21-11-5-6-14-22(21)26/h5-15H,3-4,16H2,1-2H3. The van der Waals surface area contributed by atoms with Crippen LogP contribution in [0.4, 0.5) is 0 Å². The minimum atomic E-state index is -0.00889. The van der Waals surface area contributed by atoms with E-state index >= 15 is 0 Å². The molecule has 4 heteroatoms. The SMILES string of the molecule is CCN(CC)Cc1cccc2c3cccc(C(=O)c4ccccc4Br)cc-3nc12. The largest absolute Gasteiger partial charge is 0.300 e. The first-order valence-electron chi connectivity index (χ1n) is 9.95. The Labute approximate surface area is 179 Å². The van der Waals surface area contributed by atoms with Gasteiger partial charge in [-0.05, 0) is 36.9 Å². The minimum Gasteiger partial charge on any atom is -0.300 e. The van der Waals surface area contributed by atoms with Crippen molar-refractivity contribution in [3.63, 3.8) is 0 Å². The molecule has 2 aromatic rings. The Hall–Kier alpha value is -2.56. The van der Waals surface area contributed by atoms with E-state index in [9.17, 15) is 4.79 Å². The average Bonchev–Trinajstić information content (AvgIpc) is 2.95. The summed E-state index contributed by atoms with van der Waals surface area (Å²) < 4.78 is 0.801. The molecule has 0 atom stereocenters. The van der Waals surface area contributed by atoms with Crippen molar-refractivity contribution >= 4 is 32.6 Å². The first-order chi connectivity index (χ1) is 14.1. The van der Waals surface area contributed by atoms with Gasteiger partial charge in [0.15, 0.2) is 5.78 Å². The number of aromatic nitrogens is 1. The van der Waals surface area contributed by atoms with Gasteiger partial charge in [0.05, 0.1) is 11.2 Å². The highest BCUT2D eigenvalue weighted by atomic mass is 79.9. The molecule has 1 aliphatic carbocycles. The second kappa shape index (κ2) is 8.44. The average molecular weight is 447 g/mol. The second-order valence-electron chi connectivity index (χ2n) is 7.12. The van der Waals surface area contributed by atoms with Gasteiger partial charge in [0.2, 0.25) is 0 Å². The van der Waals surface area contributed by atoms with Crippen molar-refractivity contribution in [2.75, 3.05) is 13.1 Å². The lowest BCUT2D eigenvalue weighted by molar-refractivity contribution is 0.103. The number of para-hydroxylation sites is 1. The summed E-state index contributed by atoms with van der Waals surface area (Å²) in [4.78, 5) is 20.4. The molecule has 0 bridgehead atoms. The van der Waals surface area contributed by atoms with E-state index in [1.165, 1.54) is 5.56 Å². The van der Waals surface area contributed by atoms with E-state index in [4.69, 9.17) is 4.98 Å². The van der Waals surface area contributed by atoms with Gasteiger partial charge in [-0.1, -0.05) is 78.3 Å². The normalized spacial score (nSPS) is 11.4. The van der Waals surface area contributed by atoms with Crippen LogP contribution in [0.1, 0.15) is 35.3 Å². The second-order valence-corrected chi connectivity index (χ2v) is 7.97. The molecule has 0 unspecified atom stereocenters. The van der Waals surface area contributed by atoms with Crippen LogP contribution in [0.5, 0.6) is 0 Å². The maximum absolute atomic E-state index is 13.1. The van der Waals surface area contributed by atoms with Gasteiger partial charge in [-0.25, -0.2) is 4.98 Å². The quantitative estimate of drug-likeness (QED) is 0.331. The first kappa shape index (κ1) is 19.7. The lowest BCUT2D eigenvalue weighted by atomic mass is 10.0. The van der Waals surface area contributed by atoms with E-state index in [1.54, 1.807) is 0 Å². The molecule has 2 aromatic carbocycles. The van der Waals surface area contributed by atoms with Crippen LogP contribution >= 0.6 is 15.9 Å². The number of carbonyl (C=O) groups is 1. The van der Waals surface area contributed by atoms with E-state index < -0.39 is 0 Å². The summed E-state index contributed by atoms with van der Waals surface area (Å²) >= 11 is 3.49. The molecule has 0 saturated carbocycles. The molecule has 0 fully saturated rings. The summed E-state index contributed by atoms with van der Waals surface area (Å²) in [5, 5.41) is 1.14. The maximum atomic E-state index is 13.1. The van der Waals surface area contributed by atoms with Crippen LogP contribution in [0, 0.1) is 0 Å². The van der Waals surface area contributed by atoms with Gasteiger partial charge < -0.3 is 0 Å². The maximum Gasteiger partial charge on any atom is 0.194 e. The molecular weight excluding hydrogens is 424 g/mol. The third kappa shape index (κ3) is 3.83. The van der Waals surface area contributed by atoms with Gasteiger partial charge in [0, 0.05) is 33.1 Å². The fourth-order valence-corrected chi connectivity index (χ4v) is 4.21. The molecular formula is C25H23BrN2O. The number of halogens is 1. The van der Waals surface area contributed by atoms with Crippen LogP contribution in [0.2, 0.25) is 0 Å². The molecule has 2 aliphatic rings. The Kier molecular flexibility index (Phi) is 5.74.